The Morgan fingerprint density at radius 3 is 2.70 bits per heavy atom. The molecule has 1 heterocycles. The lowest BCUT2D eigenvalue weighted by Gasteiger charge is -2.05. The molecule has 106 valence electrons. The summed E-state index contributed by atoms with van der Waals surface area (Å²) in [6, 6.07) is 9.05. The molecule has 20 heavy (non-hydrogen) atoms. The number of carbonyl (C=O) groups is 1. The maximum atomic E-state index is 11.7. The minimum Gasteiger partial charge on any atom is -0.356 e. The summed E-state index contributed by atoms with van der Waals surface area (Å²) in [5.74, 6) is 1.02. The van der Waals surface area contributed by atoms with Gasteiger partial charge in [0.1, 0.15) is 0 Å². The van der Waals surface area contributed by atoms with Gasteiger partial charge in [-0.25, -0.2) is 0 Å². The maximum absolute atomic E-state index is 11.7. The number of hydrogen-bond donors (Lipinski definition) is 1. The summed E-state index contributed by atoms with van der Waals surface area (Å²) < 4.78 is 5.24. The number of rotatable bonds is 5. The Kier molecular flexibility index (Phi) is 4.79. The zero-order chi connectivity index (χ0) is 14.5. The van der Waals surface area contributed by atoms with Gasteiger partial charge in [-0.2, -0.15) is 0 Å². The summed E-state index contributed by atoms with van der Waals surface area (Å²) in [6.07, 6.45) is 0.226. The number of carbonyl (C=O) groups excluding carboxylic acids is 1. The van der Waals surface area contributed by atoms with E-state index in [4.69, 9.17) is 16.1 Å². The first kappa shape index (κ1) is 14.6. The Labute approximate surface area is 123 Å². The first-order valence-electron chi connectivity index (χ1n) is 6.53. The molecule has 2 rings (SSSR count). The van der Waals surface area contributed by atoms with Crippen LogP contribution in [0.5, 0.6) is 0 Å². The average Bonchev–Trinajstić information content (AvgIpc) is 2.85. The van der Waals surface area contributed by atoms with E-state index in [0.717, 1.165) is 5.56 Å². The van der Waals surface area contributed by atoms with E-state index in [2.05, 4.69) is 24.3 Å². The summed E-state index contributed by atoms with van der Waals surface area (Å²) in [5.41, 5.74) is 1.51. The number of nitrogens with zero attached hydrogens (tertiary/aromatic N) is 1. The third kappa shape index (κ3) is 4.10. The molecule has 0 fully saturated rings. The monoisotopic (exact) mass is 292 g/mol. The van der Waals surface area contributed by atoms with E-state index in [1.54, 1.807) is 18.2 Å². The molecule has 1 N–H and O–H groups in total. The Morgan fingerprint density at radius 2 is 2.05 bits per heavy atom. The minimum atomic E-state index is -0.0466. The van der Waals surface area contributed by atoms with Gasteiger partial charge in [0.05, 0.1) is 12.1 Å². The van der Waals surface area contributed by atoms with Crippen molar-refractivity contribution in [3.63, 3.8) is 0 Å². The molecule has 0 saturated heterocycles. The summed E-state index contributed by atoms with van der Waals surface area (Å²) >= 11 is 5.83. The lowest BCUT2D eigenvalue weighted by atomic mass is 10.1. The van der Waals surface area contributed by atoms with Gasteiger partial charge in [-0.1, -0.05) is 30.6 Å². The highest BCUT2D eigenvalue weighted by Crippen LogP contribution is 2.22. The normalized spacial score (nSPS) is 10.8. The molecular formula is C15H17ClN2O2. The highest BCUT2D eigenvalue weighted by atomic mass is 35.5. The zero-order valence-corrected chi connectivity index (χ0v) is 12.3. The van der Waals surface area contributed by atoms with Crippen molar-refractivity contribution in [2.24, 2.45) is 5.92 Å². The fourth-order valence-electron chi connectivity index (χ4n) is 1.69. The molecule has 0 unspecified atom stereocenters. The molecule has 0 radical (unpaired) electrons. The van der Waals surface area contributed by atoms with Gasteiger partial charge in [0.2, 0.25) is 5.91 Å². The first-order chi connectivity index (χ1) is 9.54. The number of halogens is 1. The molecule has 0 aliphatic heterocycles. The molecule has 0 aliphatic rings. The van der Waals surface area contributed by atoms with Crippen molar-refractivity contribution >= 4 is 17.5 Å². The standard InChI is InChI=1S/C15H17ClN2O2/c1-10(2)9-17-15(19)8-13-7-14(20-18-13)11-3-5-12(16)6-4-11/h3-7,10H,8-9H2,1-2H3,(H,17,19). The van der Waals surface area contributed by atoms with E-state index in [0.29, 0.717) is 28.9 Å². The first-order valence-corrected chi connectivity index (χ1v) is 6.90. The highest BCUT2D eigenvalue weighted by Gasteiger charge is 2.10. The number of amides is 1. The third-order valence-electron chi connectivity index (χ3n) is 2.74. The smallest absolute Gasteiger partial charge is 0.226 e. The third-order valence-corrected chi connectivity index (χ3v) is 2.99. The van der Waals surface area contributed by atoms with Crippen LogP contribution in [0.4, 0.5) is 0 Å². The maximum Gasteiger partial charge on any atom is 0.226 e. The van der Waals surface area contributed by atoms with Gasteiger partial charge in [-0.3, -0.25) is 4.79 Å². The highest BCUT2D eigenvalue weighted by molar-refractivity contribution is 6.30. The van der Waals surface area contributed by atoms with Crippen molar-refractivity contribution in [1.82, 2.24) is 10.5 Å². The van der Waals surface area contributed by atoms with Crippen LogP contribution in [-0.2, 0) is 11.2 Å². The van der Waals surface area contributed by atoms with Crippen LogP contribution in [0.2, 0.25) is 5.02 Å². The van der Waals surface area contributed by atoms with Crippen molar-refractivity contribution in [3.8, 4) is 11.3 Å². The SMILES string of the molecule is CC(C)CNC(=O)Cc1cc(-c2ccc(Cl)cc2)on1. The van der Waals surface area contributed by atoms with E-state index >= 15 is 0 Å². The molecule has 0 saturated carbocycles. The van der Waals surface area contributed by atoms with Crippen LogP contribution in [0.1, 0.15) is 19.5 Å². The number of nitrogens with one attached hydrogen (secondary N) is 1. The average molecular weight is 293 g/mol. The molecule has 0 bridgehead atoms. The lowest BCUT2D eigenvalue weighted by molar-refractivity contribution is -0.120. The fraction of sp³-hybridized carbons (Fsp3) is 0.333. The molecule has 1 amide bonds. The minimum absolute atomic E-state index is 0.0466. The molecule has 0 atom stereocenters. The van der Waals surface area contributed by atoms with Crippen molar-refractivity contribution in [3.05, 3.63) is 41.0 Å². The van der Waals surface area contributed by atoms with Gasteiger partial charge in [0.15, 0.2) is 5.76 Å². The van der Waals surface area contributed by atoms with E-state index in [1.165, 1.54) is 0 Å². The Hall–Kier alpha value is -1.81. The molecule has 2 aromatic rings. The zero-order valence-electron chi connectivity index (χ0n) is 11.5. The van der Waals surface area contributed by atoms with Crippen LogP contribution in [0, 0.1) is 5.92 Å². The van der Waals surface area contributed by atoms with Crippen LogP contribution in [0.25, 0.3) is 11.3 Å². The predicted octanol–water partition coefficient (Wildman–Crippen LogP) is 3.31. The molecule has 1 aromatic heterocycles. The summed E-state index contributed by atoms with van der Waals surface area (Å²) in [7, 11) is 0. The molecule has 0 spiro atoms. The second kappa shape index (κ2) is 6.57. The van der Waals surface area contributed by atoms with Gasteiger partial charge in [0.25, 0.3) is 0 Å². The summed E-state index contributed by atoms with van der Waals surface area (Å²) in [4.78, 5) is 11.7. The van der Waals surface area contributed by atoms with Crippen LogP contribution >= 0.6 is 11.6 Å². The Bertz CT molecular complexity index is 576. The van der Waals surface area contributed by atoms with Crippen molar-refractivity contribution < 1.29 is 9.32 Å². The molecule has 5 heteroatoms. The Balaban J connectivity index is 1.98. The molecular weight excluding hydrogens is 276 g/mol. The number of aromatic nitrogens is 1. The predicted molar refractivity (Wildman–Crippen MR) is 78.5 cm³/mol. The van der Waals surface area contributed by atoms with Gasteiger partial charge >= 0.3 is 0 Å². The fourth-order valence-corrected chi connectivity index (χ4v) is 1.82. The second-order valence-corrected chi connectivity index (χ2v) is 5.50. The lowest BCUT2D eigenvalue weighted by Crippen LogP contribution is -2.28. The Morgan fingerprint density at radius 1 is 1.35 bits per heavy atom. The van der Waals surface area contributed by atoms with E-state index < -0.39 is 0 Å². The number of benzene rings is 1. The van der Waals surface area contributed by atoms with Crippen molar-refractivity contribution in [1.29, 1.82) is 0 Å². The van der Waals surface area contributed by atoms with Crippen LogP contribution in [0.15, 0.2) is 34.9 Å². The van der Waals surface area contributed by atoms with Gasteiger partial charge in [-0.15, -0.1) is 0 Å². The largest absolute Gasteiger partial charge is 0.356 e. The summed E-state index contributed by atoms with van der Waals surface area (Å²) in [5, 5.41) is 7.43. The summed E-state index contributed by atoms with van der Waals surface area (Å²) in [6.45, 7) is 4.77. The second-order valence-electron chi connectivity index (χ2n) is 5.06. The molecule has 1 aromatic carbocycles. The van der Waals surface area contributed by atoms with E-state index in [-0.39, 0.29) is 12.3 Å². The van der Waals surface area contributed by atoms with Gasteiger partial charge in [-0.05, 0) is 30.2 Å². The topological polar surface area (TPSA) is 55.1 Å². The van der Waals surface area contributed by atoms with E-state index in [1.807, 2.05) is 12.1 Å². The van der Waals surface area contributed by atoms with Crippen molar-refractivity contribution in [2.75, 3.05) is 6.54 Å². The van der Waals surface area contributed by atoms with Crippen LogP contribution < -0.4 is 5.32 Å². The van der Waals surface area contributed by atoms with Crippen LogP contribution in [0.3, 0.4) is 0 Å². The van der Waals surface area contributed by atoms with Gasteiger partial charge in [0, 0.05) is 23.2 Å². The van der Waals surface area contributed by atoms with Crippen LogP contribution in [-0.4, -0.2) is 17.6 Å². The molecule has 4 nitrogen and oxygen atoms in total. The van der Waals surface area contributed by atoms with E-state index in [9.17, 15) is 4.79 Å². The quantitative estimate of drug-likeness (QED) is 0.920. The number of hydrogen-bond acceptors (Lipinski definition) is 3. The van der Waals surface area contributed by atoms with Gasteiger partial charge < -0.3 is 9.84 Å². The molecule has 0 aliphatic carbocycles. The van der Waals surface area contributed by atoms with Crippen molar-refractivity contribution in [2.45, 2.75) is 20.3 Å².